The Kier molecular flexibility index (Phi) is 17.6. The van der Waals surface area contributed by atoms with E-state index in [1.807, 2.05) is 85.8 Å². The van der Waals surface area contributed by atoms with Gasteiger partial charge in [0.25, 0.3) is 0 Å². The molecule has 4 aromatic heterocycles. The zero-order valence-electron chi connectivity index (χ0n) is 51.7. The zero-order valence-corrected chi connectivity index (χ0v) is 52.7. The summed E-state index contributed by atoms with van der Waals surface area (Å²) in [6.45, 7) is 20.0. The highest BCUT2D eigenvalue weighted by atomic mass is 28.3. The summed E-state index contributed by atoms with van der Waals surface area (Å²) in [6.07, 6.45) is 2.73. The number of fused-ring (bicyclic) bond motifs is 2. The van der Waals surface area contributed by atoms with E-state index in [1.54, 1.807) is 39.7 Å². The van der Waals surface area contributed by atoms with Crippen LogP contribution in [0.25, 0.3) is 33.1 Å². The van der Waals surface area contributed by atoms with Gasteiger partial charge in [0.2, 0.25) is 5.88 Å². The molecule has 0 unspecified atom stereocenters. The van der Waals surface area contributed by atoms with Crippen molar-refractivity contribution in [2.45, 2.75) is 135 Å². The molecule has 0 spiro atoms. The van der Waals surface area contributed by atoms with E-state index >= 15 is 13.2 Å². The molecule has 3 aliphatic rings. The summed E-state index contributed by atoms with van der Waals surface area (Å²) < 4.78 is 81.3. The summed E-state index contributed by atoms with van der Waals surface area (Å²) in [6, 6.07) is 31.3. The molecule has 0 radical (unpaired) electrons. The van der Waals surface area contributed by atoms with Crippen molar-refractivity contribution in [2.75, 3.05) is 62.7 Å². The Labute approximate surface area is 509 Å². The average Bonchev–Trinajstić information content (AvgIpc) is 2.25. The van der Waals surface area contributed by atoms with Crippen LogP contribution in [0.4, 0.5) is 30.6 Å². The van der Waals surface area contributed by atoms with Gasteiger partial charge in [-0.05, 0) is 127 Å². The molecule has 2 fully saturated rings. The fourth-order valence-electron chi connectivity index (χ4n) is 13.8. The van der Waals surface area contributed by atoms with Gasteiger partial charge in [-0.3, -0.25) is 4.90 Å². The molecule has 3 aliphatic heterocycles. The fraction of sp³-hybridized carbons (Fsp3) is 0.406. The first-order valence-electron chi connectivity index (χ1n) is 30.3. The van der Waals surface area contributed by atoms with E-state index in [-0.39, 0.29) is 69.5 Å². The second-order valence-corrected chi connectivity index (χ2v) is 30.0. The third-order valence-electron chi connectivity index (χ3n) is 18.3. The van der Waals surface area contributed by atoms with Gasteiger partial charge in [-0.25, -0.2) is 28.1 Å². The lowest BCUT2D eigenvalue weighted by Crippen LogP contribution is -2.43. The van der Waals surface area contributed by atoms with Crippen molar-refractivity contribution in [2.24, 2.45) is 0 Å². The van der Waals surface area contributed by atoms with Gasteiger partial charge in [0, 0.05) is 55.3 Å². The van der Waals surface area contributed by atoms with Crippen LogP contribution in [0.3, 0.4) is 0 Å². The average molecular weight is 1200 g/mol. The molecule has 1 N–H and O–H groups in total. The van der Waals surface area contributed by atoms with Crippen LogP contribution in [-0.2, 0) is 19.6 Å². The topological polar surface area (TPSA) is 132 Å². The van der Waals surface area contributed by atoms with E-state index in [2.05, 4.69) is 86.0 Å². The van der Waals surface area contributed by atoms with Crippen molar-refractivity contribution in [1.29, 1.82) is 0 Å². The highest BCUT2D eigenvalue weighted by Crippen LogP contribution is 2.47. The molecule has 7 heterocycles. The highest BCUT2D eigenvalue weighted by molar-refractivity contribution is 6.90. The monoisotopic (exact) mass is 1200 g/mol. The minimum Gasteiger partial charge on any atom is -0.497 e. The number of benzene rings is 4. The SMILES string of the molecule is COc1ccc(CNc2cc(-c3nc4c5c(nc(OC[C@@]67CCCN6C[C@H](F)C7)nc5c3F)N([C@H](C)c3cccnc3N(Cc3ccc(OC)cc3)Cc3ccc(OC)cc3)[C@@H](C)CO4)c3c(C#C[Si](C(C)C)(C(C)C)C(C)C)c(F)ccc3n2)cc1. The molecule has 87 heavy (non-hydrogen) atoms. The second kappa shape index (κ2) is 25.3. The first-order chi connectivity index (χ1) is 41.9. The number of rotatable bonds is 20. The number of alkyl halides is 1. The Bertz CT molecular complexity index is 3780. The van der Waals surface area contributed by atoms with Gasteiger partial charge in [-0.2, -0.15) is 9.97 Å². The predicted octanol–water partition coefficient (Wildman–Crippen LogP) is 14.6. The maximum absolute atomic E-state index is 19.0. The summed E-state index contributed by atoms with van der Waals surface area (Å²) in [5.74, 6) is 5.78. The third-order valence-corrected chi connectivity index (χ3v) is 24.5. The summed E-state index contributed by atoms with van der Waals surface area (Å²) in [5.41, 5.74) is 8.28. The minimum atomic E-state index is -2.44. The molecule has 0 aliphatic carbocycles. The van der Waals surface area contributed by atoms with Crippen LogP contribution in [0.5, 0.6) is 29.1 Å². The van der Waals surface area contributed by atoms with Crippen molar-refractivity contribution < 1.29 is 36.9 Å². The Hall–Kier alpha value is -8.14. The van der Waals surface area contributed by atoms with Crippen molar-refractivity contribution in [3.8, 4) is 51.9 Å². The van der Waals surface area contributed by atoms with Gasteiger partial charge >= 0.3 is 6.01 Å². The molecule has 0 amide bonds. The normalized spacial score (nSPS) is 17.9. The predicted molar refractivity (Wildman–Crippen MR) is 341 cm³/mol. The largest absolute Gasteiger partial charge is 0.497 e. The van der Waals surface area contributed by atoms with Gasteiger partial charge in [-0.15, -0.1) is 5.54 Å². The van der Waals surface area contributed by atoms with Crippen LogP contribution in [-0.4, -0.2) is 103 Å². The Morgan fingerprint density at radius 1 is 0.782 bits per heavy atom. The minimum absolute atomic E-state index is 0.0840. The Morgan fingerprint density at radius 2 is 1.41 bits per heavy atom. The molecular weight excluding hydrogens is 1120 g/mol. The number of nitrogens with one attached hydrogen (secondary N) is 1. The van der Waals surface area contributed by atoms with Crippen LogP contribution in [0.2, 0.25) is 16.6 Å². The zero-order chi connectivity index (χ0) is 61.3. The number of anilines is 3. The summed E-state index contributed by atoms with van der Waals surface area (Å²) in [7, 11) is 2.48. The van der Waals surface area contributed by atoms with Gasteiger partial charge in [0.15, 0.2) is 5.82 Å². The van der Waals surface area contributed by atoms with Crippen molar-refractivity contribution in [1.82, 2.24) is 29.8 Å². The summed E-state index contributed by atoms with van der Waals surface area (Å²) in [4.78, 5) is 32.0. The second-order valence-electron chi connectivity index (χ2n) is 24.4. The molecule has 0 bridgehead atoms. The number of nitrogens with zero attached hydrogens (tertiary/aromatic N) is 8. The number of methoxy groups -OCH3 is 3. The van der Waals surface area contributed by atoms with Gasteiger partial charge < -0.3 is 38.8 Å². The van der Waals surface area contributed by atoms with E-state index in [9.17, 15) is 0 Å². The van der Waals surface area contributed by atoms with E-state index in [1.165, 1.54) is 6.07 Å². The van der Waals surface area contributed by atoms with E-state index in [4.69, 9.17) is 48.6 Å². The molecule has 4 aromatic carbocycles. The van der Waals surface area contributed by atoms with Crippen molar-refractivity contribution in [3.05, 3.63) is 149 Å². The lowest BCUT2D eigenvalue weighted by Gasteiger charge is -2.38. The molecule has 4 atom stereocenters. The Balaban J connectivity index is 1.10. The molecule has 11 rings (SSSR count). The summed E-state index contributed by atoms with van der Waals surface area (Å²) >= 11 is 0. The van der Waals surface area contributed by atoms with Gasteiger partial charge in [0.1, 0.15) is 84.6 Å². The number of hydrogen-bond donors (Lipinski definition) is 1. The van der Waals surface area contributed by atoms with Crippen LogP contribution in [0.1, 0.15) is 109 Å². The van der Waals surface area contributed by atoms with Crippen LogP contribution < -0.4 is 38.8 Å². The highest BCUT2D eigenvalue weighted by Gasteiger charge is 2.50. The number of ether oxygens (including phenoxy) is 5. The summed E-state index contributed by atoms with van der Waals surface area (Å²) in [5, 5.41) is 3.99. The maximum atomic E-state index is 19.0. The lowest BCUT2D eigenvalue weighted by atomic mass is 9.95. The fourth-order valence-corrected chi connectivity index (χ4v) is 19.0. The lowest BCUT2D eigenvalue weighted by molar-refractivity contribution is 0.107. The quantitative estimate of drug-likeness (QED) is 0.0573. The molecule has 0 saturated carbocycles. The Morgan fingerprint density at radius 3 is 2.03 bits per heavy atom. The molecule has 14 nitrogen and oxygen atoms in total. The molecule has 454 valence electrons. The van der Waals surface area contributed by atoms with E-state index in [0.717, 1.165) is 64.7 Å². The van der Waals surface area contributed by atoms with Gasteiger partial charge in [0.05, 0.1) is 50.0 Å². The number of hydrogen-bond acceptors (Lipinski definition) is 14. The van der Waals surface area contributed by atoms with Crippen LogP contribution >= 0.6 is 0 Å². The van der Waals surface area contributed by atoms with Crippen LogP contribution in [0, 0.1) is 23.1 Å². The van der Waals surface area contributed by atoms with Crippen molar-refractivity contribution >= 4 is 47.3 Å². The standard InChI is InChI=1S/C69H78F3N9O5Si/c1-42(2)87(43(3)4,44(5)6)33-29-55-57(71)27-28-58-60(55)56(34-59(75-58)74-36-47-15-21-51(82-9)22-16-47)63-62(72)64-61-66(78-68(77-64)86-41-69-30-13-32-80(69)39-50(70)35-69)81(45(7)40-85-67(61)76-63)46(8)54-14-12-31-73-65(54)79(37-48-17-23-52(83-10)24-18-48)38-49-19-25-53(84-11)26-20-49/h12,14-28,31,34,42-46,50H,13,30,32,35-41H2,1-11H3,(H,74,75)/t45-,46+,50+,69-/m0/s1. The van der Waals surface area contributed by atoms with E-state index in [0.29, 0.717) is 55.1 Å². The number of halogens is 3. The molecule has 2 saturated heterocycles. The molecule has 8 aromatic rings. The molecule has 18 heteroatoms. The van der Waals surface area contributed by atoms with Gasteiger partial charge in [-0.1, -0.05) is 89.9 Å². The first-order valence-corrected chi connectivity index (χ1v) is 32.5. The third kappa shape index (κ3) is 11.9. The number of aromatic nitrogens is 5. The maximum Gasteiger partial charge on any atom is 0.319 e. The first kappa shape index (κ1) is 60.5. The smallest absolute Gasteiger partial charge is 0.319 e. The van der Waals surface area contributed by atoms with Crippen LogP contribution in [0.15, 0.2) is 109 Å². The van der Waals surface area contributed by atoms with Crippen molar-refractivity contribution in [3.63, 3.8) is 0 Å². The molecular formula is C69H78F3N9O5Si. The van der Waals surface area contributed by atoms with E-state index < -0.39 is 43.5 Å². The number of pyridine rings is 3.